The molecule has 5 nitrogen and oxygen atoms in total. The normalized spacial score (nSPS) is 14.2. The summed E-state index contributed by atoms with van der Waals surface area (Å²) in [5.41, 5.74) is 4.67. The Morgan fingerprint density at radius 3 is 2.59 bits per heavy atom. The van der Waals surface area contributed by atoms with Gasteiger partial charge in [-0.05, 0) is 31.4 Å². The van der Waals surface area contributed by atoms with E-state index in [1.54, 1.807) is 23.3 Å². The molecular formula is C21H20N2O3S. The van der Waals surface area contributed by atoms with Gasteiger partial charge in [0.1, 0.15) is 4.83 Å². The number of pyridine rings is 1. The van der Waals surface area contributed by atoms with Gasteiger partial charge in [-0.3, -0.25) is 9.59 Å². The number of aromatic nitrogens is 1. The Balaban J connectivity index is 1.97. The molecule has 138 valence electrons. The van der Waals surface area contributed by atoms with Crippen LogP contribution in [0.15, 0.2) is 30.3 Å². The zero-order chi connectivity index (χ0) is 19.1. The fraction of sp³-hybridized carbons (Fsp3) is 0.286. The van der Waals surface area contributed by atoms with Crippen LogP contribution in [0.5, 0.6) is 0 Å². The molecule has 0 amide bonds. The lowest BCUT2D eigenvalue weighted by Crippen LogP contribution is -2.31. The van der Waals surface area contributed by atoms with Gasteiger partial charge in [-0.2, -0.15) is 0 Å². The quantitative estimate of drug-likeness (QED) is 0.634. The van der Waals surface area contributed by atoms with Crippen molar-refractivity contribution in [2.24, 2.45) is 0 Å². The predicted molar refractivity (Wildman–Crippen MR) is 106 cm³/mol. The average molecular weight is 380 g/mol. The monoisotopic (exact) mass is 380 g/mol. The predicted octanol–water partition coefficient (Wildman–Crippen LogP) is 4.31. The van der Waals surface area contributed by atoms with Crippen LogP contribution >= 0.6 is 11.3 Å². The van der Waals surface area contributed by atoms with Crippen molar-refractivity contribution in [3.8, 4) is 11.1 Å². The summed E-state index contributed by atoms with van der Waals surface area (Å²) in [6, 6.07) is 10.0. The molecule has 1 aliphatic rings. The van der Waals surface area contributed by atoms with Gasteiger partial charge in [0.05, 0.1) is 12.2 Å². The zero-order valence-corrected chi connectivity index (χ0v) is 16.4. The van der Waals surface area contributed by atoms with Gasteiger partial charge in [-0.25, -0.2) is 4.98 Å². The minimum Gasteiger partial charge on any atom is -0.368 e. The number of ketones is 1. The molecule has 27 heavy (non-hydrogen) atoms. The summed E-state index contributed by atoms with van der Waals surface area (Å²) in [7, 11) is 0. The fourth-order valence-corrected chi connectivity index (χ4v) is 5.08. The lowest BCUT2D eigenvalue weighted by Gasteiger charge is -2.25. The third-order valence-electron chi connectivity index (χ3n) is 4.81. The van der Waals surface area contributed by atoms with E-state index < -0.39 is 0 Å². The molecule has 0 radical (unpaired) electrons. The Labute approximate surface area is 161 Å². The molecule has 2 aromatic heterocycles. The molecule has 0 aliphatic carbocycles. The van der Waals surface area contributed by atoms with E-state index in [1.807, 2.05) is 37.3 Å². The first kappa shape index (κ1) is 17.8. The second kappa shape index (κ2) is 6.87. The van der Waals surface area contributed by atoms with E-state index in [0.29, 0.717) is 18.7 Å². The number of hydrogen-bond donors (Lipinski definition) is 0. The second-order valence-corrected chi connectivity index (χ2v) is 7.83. The van der Waals surface area contributed by atoms with Crippen molar-refractivity contribution in [3.63, 3.8) is 0 Å². The van der Waals surface area contributed by atoms with Gasteiger partial charge in [0, 0.05) is 34.9 Å². The number of hydroxylamine groups is 2. The highest BCUT2D eigenvalue weighted by Gasteiger charge is 2.28. The molecule has 0 N–H and O–H groups in total. The molecule has 0 atom stereocenters. The highest BCUT2D eigenvalue weighted by molar-refractivity contribution is 7.19. The summed E-state index contributed by atoms with van der Waals surface area (Å²) >= 11 is 1.62. The maximum absolute atomic E-state index is 12.5. The van der Waals surface area contributed by atoms with Crippen LogP contribution in [-0.2, 0) is 22.6 Å². The molecule has 6 heteroatoms. The minimum atomic E-state index is -0.308. The fourth-order valence-electron chi connectivity index (χ4n) is 3.80. The van der Waals surface area contributed by atoms with Crippen molar-refractivity contribution < 1.29 is 14.4 Å². The number of carbonyl (C=O) groups is 2. The molecule has 4 rings (SSSR count). The molecule has 0 unspecified atom stereocenters. The summed E-state index contributed by atoms with van der Waals surface area (Å²) in [5, 5.41) is 2.76. The molecule has 3 aromatic rings. The molecule has 1 aliphatic heterocycles. The molecule has 0 saturated heterocycles. The van der Waals surface area contributed by atoms with Crippen LogP contribution in [0.4, 0.5) is 0 Å². The first-order chi connectivity index (χ1) is 13.0. The van der Waals surface area contributed by atoms with Gasteiger partial charge in [0.15, 0.2) is 5.78 Å². The third-order valence-corrected chi connectivity index (χ3v) is 5.92. The highest BCUT2D eigenvalue weighted by atomic mass is 32.1. The van der Waals surface area contributed by atoms with E-state index in [4.69, 9.17) is 9.82 Å². The molecular weight excluding hydrogens is 360 g/mol. The highest BCUT2D eigenvalue weighted by Crippen LogP contribution is 2.42. The number of thiophene rings is 1. The Kier molecular flexibility index (Phi) is 4.53. The van der Waals surface area contributed by atoms with E-state index in [0.717, 1.165) is 38.3 Å². The van der Waals surface area contributed by atoms with E-state index in [2.05, 4.69) is 0 Å². The van der Waals surface area contributed by atoms with Crippen LogP contribution in [0.2, 0.25) is 0 Å². The maximum Gasteiger partial charge on any atom is 0.322 e. The van der Waals surface area contributed by atoms with Crippen LogP contribution in [-0.4, -0.2) is 28.3 Å². The van der Waals surface area contributed by atoms with Crippen LogP contribution in [0.1, 0.15) is 40.3 Å². The van der Waals surface area contributed by atoms with E-state index in [-0.39, 0.29) is 11.8 Å². The number of hydrogen-bond acceptors (Lipinski definition) is 6. The third kappa shape index (κ3) is 3.15. The summed E-state index contributed by atoms with van der Waals surface area (Å²) < 4.78 is 0. The first-order valence-corrected chi connectivity index (χ1v) is 9.72. The van der Waals surface area contributed by atoms with Gasteiger partial charge in [0.2, 0.25) is 0 Å². The van der Waals surface area contributed by atoms with Crippen molar-refractivity contribution in [3.05, 3.63) is 52.0 Å². The maximum atomic E-state index is 12.5. The van der Waals surface area contributed by atoms with E-state index in [9.17, 15) is 9.59 Å². The first-order valence-electron chi connectivity index (χ1n) is 8.90. The molecule has 1 aromatic carbocycles. The van der Waals surface area contributed by atoms with Crippen molar-refractivity contribution in [2.45, 2.75) is 33.7 Å². The summed E-state index contributed by atoms with van der Waals surface area (Å²) in [6.07, 6.45) is 0.754. The van der Waals surface area contributed by atoms with Crippen LogP contribution in [0.3, 0.4) is 0 Å². The van der Waals surface area contributed by atoms with Crippen LogP contribution < -0.4 is 0 Å². The van der Waals surface area contributed by atoms with Crippen molar-refractivity contribution >= 4 is 33.3 Å². The smallest absolute Gasteiger partial charge is 0.322 e. The van der Waals surface area contributed by atoms with Gasteiger partial charge in [-0.15, -0.1) is 16.4 Å². The minimum absolute atomic E-state index is 0.0260. The number of nitrogens with zero attached hydrogens (tertiary/aromatic N) is 2. The van der Waals surface area contributed by atoms with E-state index >= 15 is 0 Å². The Morgan fingerprint density at radius 1 is 1.19 bits per heavy atom. The largest absolute Gasteiger partial charge is 0.368 e. The summed E-state index contributed by atoms with van der Waals surface area (Å²) in [6.45, 7) is 6.10. The van der Waals surface area contributed by atoms with Gasteiger partial charge in [-0.1, -0.05) is 30.3 Å². The average Bonchev–Trinajstić information content (AvgIpc) is 2.97. The Morgan fingerprint density at radius 2 is 1.93 bits per heavy atom. The lowest BCUT2D eigenvalue weighted by molar-refractivity contribution is -0.191. The van der Waals surface area contributed by atoms with Crippen LogP contribution in [0, 0.1) is 6.92 Å². The summed E-state index contributed by atoms with van der Waals surface area (Å²) in [4.78, 5) is 35.8. The number of rotatable bonds is 3. The molecule has 3 heterocycles. The van der Waals surface area contributed by atoms with Crippen molar-refractivity contribution in [2.75, 3.05) is 6.54 Å². The van der Waals surface area contributed by atoms with Gasteiger partial charge >= 0.3 is 5.97 Å². The van der Waals surface area contributed by atoms with Gasteiger partial charge < -0.3 is 4.84 Å². The lowest BCUT2D eigenvalue weighted by atomic mass is 9.91. The van der Waals surface area contributed by atoms with Crippen molar-refractivity contribution in [1.29, 1.82) is 0 Å². The zero-order valence-electron chi connectivity index (χ0n) is 15.5. The summed E-state index contributed by atoms with van der Waals surface area (Å²) in [5.74, 6) is -0.282. The molecule has 0 spiro atoms. The number of aryl methyl sites for hydroxylation is 1. The number of fused-ring (bicyclic) bond motifs is 3. The van der Waals surface area contributed by atoms with Crippen molar-refractivity contribution in [1.82, 2.24) is 10.0 Å². The Hall–Kier alpha value is -2.57. The SMILES string of the molecule is CC(=O)ON1CCc2c(sc3nc(C)c(C(C)=O)c(-c4ccccc4)c23)C1. The van der Waals surface area contributed by atoms with Gasteiger partial charge in [0.25, 0.3) is 0 Å². The Bertz CT molecular complexity index is 1060. The van der Waals surface area contributed by atoms with Crippen LogP contribution in [0.25, 0.3) is 21.3 Å². The molecule has 0 saturated carbocycles. The topological polar surface area (TPSA) is 59.5 Å². The standard InChI is InChI=1S/C21H20N2O3S/c1-12-18(13(2)24)19(15-7-5-4-6-8-15)20-16-9-10-23(26-14(3)25)11-17(16)27-21(20)22-12/h4-8H,9-11H2,1-3H3. The number of Topliss-reactive ketones (excluding diaryl/α,β-unsaturated/α-hetero) is 1. The number of benzene rings is 1. The number of carbonyl (C=O) groups excluding carboxylic acids is 2. The molecule has 0 bridgehead atoms. The molecule has 0 fully saturated rings. The van der Waals surface area contributed by atoms with E-state index in [1.165, 1.54) is 12.5 Å². The second-order valence-electron chi connectivity index (χ2n) is 6.75.